The second-order valence-corrected chi connectivity index (χ2v) is 9.59. The molecule has 2 aromatic heterocycles. The Morgan fingerprint density at radius 1 is 1.13 bits per heavy atom. The molecule has 4 aromatic rings. The number of hydrogen-bond donors (Lipinski definition) is 1. The van der Waals surface area contributed by atoms with Gasteiger partial charge in [0.15, 0.2) is 0 Å². The normalized spacial score (nSPS) is 18.0. The van der Waals surface area contributed by atoms with Gasteiger partial charge in [-0.15, -0.1) is 4.73 Å². The van der Waals surface area contributed by atoms with Gasteiger partial charge < -0.3 is 19.3 Å². The Morgan fingerprint density at radius 3 is 2.68 bits per heavy atom. The van der Waals surface area contributed by atoms with E-state index >= 15 is 0 Å². The van der Waals surface area contributed by atoms with Crippen LogP contribution in [0.4, 0.5) is 0 Å². The zero-order valence-corrected chi connectivity index (χ0v) is 22.0. The Kier molecular flexibility index (Phi) is 7.62. The molecule has 38 heavy (non-hydrogen) atoms. The van der Waals surface area contributed by atoms with Gasteiger partial charge in [-0.25, -0.2) is 4.79 Å². The summed E-state index contributed by atoms with van der Waals surface area (Å²) in [7, 11) is 1.72. The fourth-order valence-electron chi connectivity index (χ4n) is 5.36. The summed E-state index contributed by atoms with van der Waals surface area (Å²) in [5, 5.41) is 1.17. The number of fused-ring (bicyclic) bond motifs is 1. The van der Waals surface area contributed by atoms with Crippen LogP contribution in [0.1, 0.15) is 52.9 Å². The van der Waals surface area contributed by atoms with E-state index in [2.05, 4.69) is 28.9 Å². The first-order valence-corrected chi connectivity index (χ1v) is 13.0. The van der Waals surface area contributed by atoms with Crippen molar-refractivity contribution in [3.8, 4) is 5.75 Å². The predicted molar refractivity (Wildman–Crippen MR) is 145 cm³/mol. The lowest BCUT2D eigenvalue weighted by atomic mass is 9.91. The van der Waals surface area contributed by atoms with Gasteiger partial charge in [-0.05, 0) is 68.1 Å². The van der Waals surface area contributed by atoms with E-state index in [-0.39, 0.29) is 12.1 Å². The predicted octanol–water partition coefficient (Wildman–Crippen LogP) is 4.66. The van der Waals surface area contributed by atoms with Crippen LogP contribution in [-0.4, -0.2) is 46.9 Å². The maximum absolute atomic E-state index is 12.7. The third kappa shape index (κ3) is 5.23. The molecular formula is C30H33N3O5. The van der Waals surface area contributed by atoms with Crippen molar-refractivity contribution in [2.75, 3.05) is 20.3 Å². The van der Waals surface area contributed by atoms with Crippen LogP contribution in [-0.2, 0) is 11.3 Å². The zero-order chi connectivity index (χ0) is 26.6. The highest BCUT2D eigenvalue weighted by Crippen LogP contribution is 2.38. The summed E-state index contributed by atoms with van der Waals surface area (Å²) < 4.78 is 12.8. The quantitative estimate of drug-likeness (QED) is 0.368. The highest BCUT2D eigenvalue weighted by molar-refractivity contribution is 5.89. The third-order valence-corrected chi connectivity index (χ3v) is 7.26. The fraction of sp³-hybridized carbons (Fsp3) is 0.333. The van der Waals surface area contributed by atoms with Crippen molar-refractivity contribution in [2.24, 2.45) is 0 Å². The van der Waals surface area contributed by atoms with E-state index < -0.39 is 11.5 Å². The molecule has 1 N–H and O–H groups in total. The van der Waals surface area contributed by atoms with Gasteiger partial charge in [-0.1, -0.05) is 18.2 Å². The standard InChI is InChI=1S/C30H33N3O5/c1-4-37-23-13-16-32(19-25-24-12-14-31-29(24)20(2)17-27(25)36-3)26(18-23)21-8-10-22(11-9-21)30(35)38-33-15-6-5-7-28(33)34/h5-12,14-15,17,23,26,31H,4,13,16,18-19H2,1-3H3/t23-,26?/m0/s1. The number of aromatic amines is 1. The first kappa shape index (κ1) is 25.8. The molecule has 3 heterocycles. The molecule has 0 bridgehead atoms. The second-order valence-electron chi connectivity index (χ2n) is 9.59. The van der Waals surface area contributed by atoms with E-state index in [9.17, 15) is 9.59 Å². The first-order chi connectivity index (χ1) is 18.5. The van der Waals surface area contributed by atoms with Gasteiger partial charge in [-0.2, -0.15) is 0 Å². The van der Waals surface area contributed by atoms with Crippen molar-refractivity contribution in [3.63, 3.8) is 0 Å². The van der Waals surface area contributed by atoms with Crippen molar-refractivity contribution in [1.29, 1.82) is 0 Å². The SMILES string of the molecule is CCO[C@H]1CCN(Cc2c(OC)cc(C)c3[nH]ccc23)C(c2ccc(C(=O)On3ccccc3=O)cc2)C1. The highest BCUT2D eigenvalue weighted by atomic mass is 16.7. The van der Waals surface area contributed by atoms with Crippen LogP contribution in [0.25, 0.3) is 10.9 Å². The lowest BCUT2D eigenvalue weighted by molar-refractivity contribution is -0.0138. The van der Waals surface area contributed by atoms with E-state index in [1.807, 2.05) is 25.3 Å². The van der Waals surface area contributed by atoms with Crippen LogP contribution in [0, 0.1) is 6.92 Å². The molecule has 2 aromatic carbocycles. The van der Waals surface area contributed by atoms with Crippen molar-refractivity contribution < 1.29 is 19.1 Å². The number of hydrogen-bond acceptors (Lipinski definition) is 6. The topological polar surface area (TPSA) is 85.8 Å². The molecule has 0 saturated carbocycles. The number of benzene rings is 2. The average molecular weight is 516 g/mol. The molecule has 1 aliphatic heterocycles. The Balaban J connectivity index is 1.41. The smallest absolute Gasteiger partial charge is 0.363 e. The molecule has 0 aliphatic carbocycles. The number of rotatable bonds is 8. The minimum atomic E-state index is -0.586. The number of nitrogens with zero attached hydrogens (tertiary/aromatic N) is 2. The lowest BCUT2D eigenvalue weighted by Crippen LogP contribution is -2.39. The van der Waals surface area contributed by atoms with E-state index in [0.717, 1.165) is 58.6 Å². The number of methoxy groups -OCH3 is 1. The van der Waals surface area contributed by atoms with Gasteiger partial charge >= 0.3 is 5.97 Å². The van der Waals surface area contributed by atoms with Crippen molar-refractivity contribution >= 4 is 16.9 Å². The lowest BCUT2D eigenvalue weighted by Gasteiger charge is -2.40. The Hall–Kier alpha value is -3.88. The van der Waals surface area contributed by atoms with Gasteiger partial charge in [0.1, 0.15) is 5.75 Å². The summed E-state index contributed by atoms with van der Waals surface area (Å²) in [5.41, 5.74) is 4.50. The summed E-state index contributed by atoms with van der Waals surface area (Å²) in [4.78, 5) is 35.6. The molecule has 1 fully saturated rings. The largest absolute Gasteiger partial charge is 0.496 e. The van der Waals surface area contributed by atoms with Gasteiger partial charge in [0.25, 0.3) is 5.56 Å². The number of likely N-dealkylation sites (tertiary alicyclic amines) is 1. The Morgan fingerprint density at radius 2 is 1.95 bits per heavy atom. The number of ether oxygens (including phenoxy) is 2. The van der Waals surface area contributed by atoms with E-state index in [1.165, 1.54) is 17.6 Å². The van der Waals surface area contributed by atoms with Crippen LogP contribution < -0.4 is 15.1 Å². The van der Waals surface area contributed by atoms with E-state index in [4.69, 9.17) is 14.3 Å². The van der Waals surface area contributed by atoms with Gasteiger partial charge in [0, 0.05) is 60.7 Å². The number of carbonyl (C=O) groups is 1. The summed E-state index contributed by atoms with van der Waals surface area (Å²) in [6, 6.07) is 16.3. The van der Waals surface area contributed by atoms with Crippen LogP contribution in [0.5, 0.6) is 5.75 Å². The summed E-state index contributed by atoms with van der Waals surface area (Å²) in [6.07, 6.45) is 5.36. The van der Waals surface area contributed by atoms with Crippen LogP contribution in [0.2, 0.25) is 0 Å². The summed E-state index contributed by atoms with van der Waals surface area (Å²) in [5.74, 6) is 0.298. The molecule has 1 aliphatic rings. The van der Waals surface area contributed by atoms with Gasteiger partial charge in [0.05, 0.1) is 18.8 Å². The fourth-order valence-corrected chi connectivity index (χ4v) is 5.36. The molecule has 0 amide bonds. The van der Waals surface area contributed by atoms with E-state index in [0.29, 0.717) is 12.2 Å². The molecule has 8 heteroatoms. The Bertz CT molecular complexity index is 1470. The number of aromatic nitrogens is 2. The summed E-state index contributed by atoms with van der Waals surface area (Å²) >= 11 is 0. The van der Waals surface area contributed by atoms with Crippen molar-refractivity contribution in [2.45, 2.75) is 45.4 Å². The molecular weight excluding hydrogens is 482 g/mol. The minimum Gasteiger partial charge on any atom is -0.496 e. The number of H-pyrrole nitrogens is 1. The van der Waals surface area contributed by atoms with E-state index in [1.54, 1.807) is 31.4 Å². The molecule has 0 radical (unpaired) electrons. The number of pyridine rings is 1. The number of aryl methyl sites for hydroxylation is 1. The zero-order valence-electron chi connectivity index (χ0n) is 22.0. The molecule has 0 spiro atoms. The number of piperidine rings is 1. The van der Waals surface area contributed by atoms with Gasteiger partial charge in [0.2, 0.25) is 0 Å². The summed E-state index contributed by atoms with van der Waals surface area (Å²) in [6.45, 7) is 6.39. The minimum absolute atomic E-state index is 0.0992. The van der Waals surface area contributed by atoms with Crippen molar-refractivity contribution in [1.82, 2.24) is 14.6 Å². The Labute approximate surface area is 221 Å². The van der Waals surface area contributed by atoms with Crippen LogP contribution in [0.3, 0.4) is 0 Å². The molecule has 2 atom stereocenters. The molecule has 8 nitrogen and oxygen atoms in total. The average Bonchev–Trinajstić information content (AvgIpc) is 3.43. The molecule has 1 saturated heterocycles. The first-order valence-electron chi connectivity index (χ1n) is 13.0. The maximum atomic E-state index is 12.7. The van der Waals surface area contributed by atoms with Crippen LogP contribution in [0.15, 0.2) is 71.8 Å². The maximum Gasteiger partial charge on any atom is 0.363 e. The monoisotopic (exact) mass is 515 g/mol. The molecule has 198 valence electrons. The second kappa shape index (κ2) is 11.2. The third-order valence-electron chi connectivity index (χ3n) is 7.26. The molecule has 1 unspecified atom stereocenters. The highest BCUT2D eigenvalue weighted by Gasteiger charge is 2.31. The van der Waals surface area contributed by atoms with Crippen molar-refractivity contribution in [3.05, 3.63) is 99.6 Å². The van der Waals surface area contributed by atoms with Crippen LogP contribution >= 0.6 is 0 Å². The number of carbonyl (C=O) groups excluding carboxylic acids is 1. The molecule has 5 rings (SSSR count). The number of nitrogens with one attached hydrogen (secondary N) is 1. The van der Waals surface area contributed by atoms with Gasteiger partial charge in [-0.3, -0.25) is 9.69 Å².